The van der Waals surface area contributed by atoms with Gasteiger partial charge in [0.25, 0.3) is 0 Å². The summed E-state index contributed by atoms with van der Waals surface area (Å²) in [6.45, 7) is 6.19. The molecule has 0 bridgehead atoms. The number of hydrogen-bond donors (Lipinski definition) is 1. The largest absolute Gasteiger partial charge is 0.370 e. The molecule has 130 valence electrons. The van der Waals surface area contributed by atoms with Crippen molar-refractivity contribution in [1.29, 1.82) is 0 Å². The zero-order valence-electron chi connectivity index (χ0n) is 13.5. The predicted molar refractivity (Wildman–Crippen MR) is 113 cm³/mol. The molecule has 0 spiro atoms. The van der Waals surface area contributed by atoms with Crippen LogP contribution in [0.2, 0.25) is 5.02 Å². The average Bonchev–Trinajstić information content (AvgIpc) is 2.99. The molecule has 1 aliphatic heterocycles. The monoisotopic (exact) mass is 477 g/mol. The first-order valence-corrected chi connectivity index (χ1v) is 8.78. The first-order valence-electron chi connectivity index (χ1n) is 7.58. The molecule has 1 aromatic heterocycles. The van der Waals surface area contributed by atoms with Crippen LogP contribution in [0.3, 0.4) is 0 Å². The average molecular weight is 478 g/mol. The molecule has 2 aromatic rings. The molecule has 1 aliphatic rings. The summed E-state index contributed by atoms with van der Waals surface area (Å²) in [6.07, 6.45) is 1.87. The van der Waals surface area contributed by atoms with Crippen molar-refractivity contribution in [3.05, 3.63) is 45.4 Å². The highest BCUT2D eigenvalue weighted by Crippen LogP contribution is 2.19. The van der Waals surface area contributed by atoms with Crippen molar-refractivity contribution in [2.24, 2.45) is 10.7 Å². The SMILES string of the molecule is Cc1cnc(CN=C(N)N2CCN(c3ccc(Cl)cc3)CC2)s1.I. The molecule has 0 unspecified atom stereocenters. The molecule has 1 aromatic carbocycles. The summed E-state index contributed by atoms with van der Waals surface area (Å²) in [7, 11) is 0. The van der Waals surface area contributed by atoms with Crippen molar-refractivity contribution < 1.29 is 0 Å². The van der Waals surface area contributed by atoms with Gasteiger partial charge in [0.15, 0.2) is 5.96 Å². The molecule has 2 heterocycles. The minimum Gasteiger partial charge on any atom is -0.370 e. The van der Waals surface area contributed by atoms with Gasteiger partial charge in [0.2, 0.25) is 0 Å². The van der Waals surface area contributed by atoms with Gasteiger partial charge >= 0.3 is 0 Å². The third kappa shape index (κ3) is 4.97. The van der Waals surface area contributed by atoms with Crippen LogP contribution in [-0.2, 0) is 6.54 Å². The fourth-order valence-electron chi connectivity index (χ4n) is 2.57. The van der Waals surface area contributed by atoms with Crippen molar-refractivity contribution in [2.75, 3.05) is 31.1 Å². The molecule has 3 rings (SSSR count). The van der Waals surface area contributed by atoms with E-state index in [1.165, 1.54) is 10.6 Å². The lowest BCUT2D eigenvalue weighted by atomic mass is 10.2. The second kappa shape index (κ2) is 8.87. The van der Waals surface area contributed by atoms with Crippen LogP contribution < -0.4 is 10.6 Å². The number of nitrogens with two attached hydrogens (primary N) is 1. The Kier molecular flexibility index (Phi) is 7.12. The third-order valence-electron chi connectivity index (χ3n) is 3.84. The first-order chi connectivity index (χ1) is 11.1. The Hall–Kier alpha value is -1.06. The minimum absolute atomic E-state index is 0. The molecular formula is C16H21ClIN5S. The molecular weight excluding hydrogens is 457 g/mol. The maximum atomic E-state index is 6.12. The predicted octanol–water partition coefficient (Wildman–Crippen LogP) is 3.36. The highest BCUT2D eigenvalue weighted by Gasteiger charge is 2.18. The molecule has 5 nitrogen and oxygen atoms in total. The third-order valence-corrected chi connectivity index (χ3v) is 4.99. The number of aromatic nitrogens is 1. The van der Waals surface area contributed by atoms with Gasteiger partial charge in [-0.2, -0.15) is 0 Å². The Morgan fingerprint density at radius 3 is 2.50 bits per heavy atom. The molecule has 0 aliphatic carbocycles. The topological polar surface area (TPSA) is 57.8 Å². The van der Waals surface area contributed by atoms with Crippen LogP contribution in [0.25, 0.3) is 0 Å². The fraction of sp³-hybridized carbons (Fsp3) is 0.375. The van der Waals surface area contributed by atoms with Crippen molar-refractivity contribution in [3.63, 3.8) is 0 Å². The Morgan fingerprint density at radius 2 is 1.92 bits per heavy atom. The summed E-state index contributed by atoms with van der Waals surface area (Å²) in [5.74, 6) is 0.605. The van der Waals surface area contributed by atoms with Crippen molar-refractivity contribution in [2.45, 2.75) is 13.5 Å². The van der Waals surface area contributed by atoms with Crippen molar-refractivity contribution in [3.8, 4) is 0 Å². The Morgan fingerprint density at radius 1 is 1.25 bits per heavy atom. The van der Waals surface area contributed by atoms with Gasteiger partial charge < -0.3 is 15.5 Å². The Bertz CT molecular complexity index is 680. The van der Waals surface area contributed by atoms with Gasteiger partial charge in [-0.15, -0.1) is 35.3 Å². The highest BCUT2D eigenvalue weighted by molar-refractivity contribution is 14.0. The number of benzene rings is 1. The summed E-state index contributed by atoms with van der Waals surface area (Å²) in [5.41, 5.74) is 7.32. The zero-order chi connectivity index (χ0) is 16.2. The van der Waals surface area contributed by atoms with Gasteiger partial charge in [-0.25, -0.2) is 9.98 Å². The molecule has 2 N–H and O–H groups in total. The van der Waals surface area contributed by atoms with Gasteiger partial charge in [-0.05, 0) is 31.2 Å². The molecule has 24 heavy (non-hydrogen) atoms. The van der Waals surface area contributed by atoms with Gasteiger partial charge in [0, 0.05) is 48.0 Å². The molecule has 1 saturated heterocycles. The van der Waals surface area contributed by atoms with Gasteiger partial charge in [-0.3, -0.25) is 0 Å². The number of piperazine rings is 1. The van der Waals surface area contributed by atoms with Crippen LogP contribution in [0.5, 0.6) is 0 Å². The van der Waals surface area contributed by atoms with Gasteiger partial charge in [0.05, 0.1) is 6.54 Å². The molecule has 0 radical (unpaired) electrons. The normalized spacial score (nSPS) is 15.3. The number of thiazole rings is 1. The minimum atomic E-state index is 0. The molecule has 1 fully saturated rings. The van der Waals surface area contributed by atoms with E-state index >= 15 is 0 Å². The second-order valence-electron chi connectivity index (χ2n) is 5.49. The van der Waals surface area contributed by atoms with E-state index < -0.39 is 0 Å². The number of hydrogen-bond acceptors (Lipinski definition) is 4. The summed E-state index contributed by atoms with van der Waals surface area (Å²) in [6, 6.07) is 7.96. The van der Waals surface area contributed by atoms with E-state index in [0.29, 0.717) is 12.5 Å². The number of aryl methyl sites for hydroxylation is 1. The van der Waals surface area contributed by atoms with E-state index in [1.807, 2.05) is 25.3 Å². The van der Waals surface area contributed by atoms with E-state index in [1.54, 1.807) is 11.3 Å². The zero-order valence-corrected chi connectivity index (χ0v) is 17.4. The number of rotatable bonds is 3. The van der Waals surface area contributed by atoms with Crippen molar-refractivity contribution >= 4 is 58.6 Å². The molecule has 0 saturated carbocycles. The first kappa shape index (κ1) is 19.3. The van der Waals surface area contributed by atoms with Gasteiger partial charge in [0.1, 0.15) is 5.01 Å². The standard InChI is InChI=1S/C16H20ClN5S.HI/c1-12-10-19-15(23-12)11-20-16(18)22-8-6-21(7-9-22)14-4-2-13(17)3-5-14;/h2-5,10H,6-9,11H2,1H3,(H2,18,20);1H. The quantitative estimate of drug-likeness (QED) is 0.418. The lowest BCUT2D eigenvalue weighted by Gasteiger charge is -2.36. The number of aliphatic imine (C=N–C) groups is 1. The Labute approximate surface area is 168 Å². The molecule has 8 heteroatoms. The van der Waals surface area contributed by atoms with Crippen molar-refractivity contribution in [1.82, 2.24) is 9.88 Å². The van der Waals surface area contributed by atoms with E-state index in [-0.39, 0.29) is 24.0 Å². The lowest BCUT2D eigenvalue weighted by molar-refractivity contribution is 0.380. The smallest absolute Gasteiger partial charge is 0.191 e. The molecule has 0 atom stereocenters. The number of guanidine groups is 1. The lowest BCUT2D eigenvalue weighted by Crippen LogP contribution is -2.51. The van der Waals surface area contributed by atoms with Crippen LogP contribution in [0, 0.1) is 6.92 Å². The summed E-state index contributed by atoms with van der Waals surface area (Å²) in [4.78, 5) is 14.5. The fourth-order valence-corrected chi connectivity index (χ4v) is 3.41. The van der Waals surface area contributed by atoms with Crippen LogP contribution in [0.15, 0.2) is 35.5 Å². The van der Waals surface area contributed by atoms with Crippen LogP contribution >= 0.6 is 46.9 Å². The maximum Gasteiger partial charge on any atom is 0.191 e. The van der Waals surface area contributed by atoms with Gasteiger partial charge in [-0.1, -0.05) is 11.6 Å². The molecule has 0 amide bonds. The summed E-state index contributed by atoms with van der Waals surface area (Å²) in [5, 5.41) is 1.77. The van der Waals surface area contributed by atoms with E-state index in [4.69, 9.17) is 17.3 Å². The number of nitrogens with zero attached hydrogens (tertiary/aromatic N) is 4. The van der Waals surface area contributed by atoms with Crippen LogP contribution in [0.1, 0.15) is 9.88 Å². The summed E-state index contributed by atoms with van der Waals surface area (Å²) >= 11 is 7.60. The van der Waals surface area contributed by atoms with Crippen LogP contribution in [0.4, 0.5) is 5.69 Å². The number of anilines is 1. The number of halogens is 2. The summed E-state index contributed by atoms with van der Waals surface area (Å²) < 4.78 is 0. The van der Waals surface area contributed by atoms with E-state index in [2.05, 4.69) is 31.9 Å². The Balaban J connectivity index is 0.00000208. The van der Waals surface area contributed by atoms with E-state index in [0.717, 1.165) is 36.2 Å². The second-order valence-corrected chi connectivity index (χ2v) is 7.25. The van der Waals surface area contributed by atoms with E-state index in [9.17, 15) is 0 Å². The highest BCUT2D eigenvalue weighted by atomic mass is 127. The maximum absolute atomic E-state index is 6.12. The van der Waals surface area contributed by atoms with Crippen LogP contribution in [-0.4, -0.2) is 42.0 Å².